The molecule has 27 heavy (non-hydrogen) atoms. The van der Waals surface area contributed by atoms with Gasteiger partial charge in [0.1, 0.15) is 0 Å². The zero-order valence-electron chi connectivity index (χ0n) is 15.8. The SMILES string of the molecule is Cc1cccc(C(=O)NCCC2CCN(C(=O)Nc3ccccc3)CC2)c1. The Kier molecular flexibility index (Phi) is 6.47. The lowest BCUT2D eigenvalue weighted by molar-refractivity contribution is 0.0949. The number of hydrogen-bond acceptors (Lipinski definition) is 2. The Hall–Kier alpha value is -2.82. The lowest BCUT2D eigenvalue weighted by atomic mass is 9.93. The summed E-state index contributed by atoms with van der Waals surface area (Å²) in [6, 6.07) is 17.1. The molecule has 1 heterocycles. The van der Waals surface area contributed by atoms with Crippen molar-refractivity contribution in [2.24, 2.45) is 5.92 Å². The highest BCUT2D eigenvalue weighted by Gasteiger charge is 2.22. The third kappa shape index (κ3) is 5.58. The van der Waals surface area contributed by atoms with Gasteiger partial charge in [0.05, 0.1) is 0 Å². The molecule has 0 aliphatic carbocycles. The predicted molar refractivity (Wildman–Crippen MR) is 108 cm³/mol. The number of rotatable bonds is 5. The van der Waals surface area contributed by atoms with E-state index >= 15 is 0 Å². The van der Waals surface area contributed by atoms with Crippen molar-refractivity contribution in [1.82, 2.24) is 10.2 Å². The number of para-hydroxylation sites is 1. The summed E-state index contributed by atoms with van der Waals surface area (Å²) >= 11 is 0. The van der Waals surface area contributed by atoms with Crippen molar-refractivity contribution in [1.29, 1.82) is 0 Å². The molecule has 5 nitrogen and oxygen atoms in total. The molecule has 142 valence electrons. The second-order valence-electron chi connectivity index (χ2n) is 7.14. The van der Waals surface area contributed by atoms with Crippen LogP contribution in [0.4, 0.5) is 10.5 Å². The van der Waals surface area contributed by atoms with Crippen molar-refractivity contribution in [3.8, 4) is 0 Å². The van der Waals surface area contributed by atoms with Gasteiger partial charge >= 0.3 is 6.03 Å². The van der Waals surface area contributed by atoms with Crippen LogP contribution in [0.5, 0.6) is 0 Å². The molecule has 1 aliphatic heterocycles. The van der Waals surface area contributed by atoms with E-state index in [9.17, 15) is 9.59 Å². The molecular weight excluding hydrogens is 338 g/mol. The van der Waals surface area contributed by atoms with Crippen LogP contribution in [0.25, 0.3) is 0 Å². The fourth-order valence-electron chi connectivity index (χ4n) is 3.43. The van der Waals surface area contributed by atoms with Crippen LogP contribution >= 0.6 is 0 Å². The van der Waals surface area contributed by atoms with Gasteiger partial charge in [0.15, 0.2) is 0 Å². The zero-order chi connectivity index (χ0) is 19.1. The summed E-state index contributed by atoms with van der Waals surface area (Å²) in [5.41, 5.74) is 2.62. The maximum absolute atomic E-state index is 12.3. The standard InChI is InChI=1S/C22H27N3O2/c1-17-6-5-7-19(16-17)21(26)23-13-10-18-11-14-25(15-12-18)22(27)24-20-8-3-2-4-9-20/h2-9,16,18H,10-15H2,1H3,(H,23,26)(H,24,27). The molecule has 0 aromatic heterocycles. The van der Waals surface area contributed by atoms with Crippen LogP contribution in [0.1, 0.15) is 35.2 Å². The summed E-state index contributed by atoms with van der Waals surface area (Å²) in [5, 5.41) is 5.95. The van der Waals surface area contributed by atoms with Crippen molar-refractivity contribution in [3.05, 3.63) is 65.7 Å². The number of benzene rings is 2. The summed E-state index contributed by atoms with van der Waals surface area (Å²) in [5.74, 6) is 0.530. The summed E-state index contributed by atoms with van der Waals surface area (Å²) in [6.07, 6.45) is 2.90. The lowest BCUT2D eigenvalue weighted by Crippen LogP contribution is -2.41. The molecule has 2 N–H and O–H groups in total. The molecule has 0 bridgehead atoms. The molecule has 5 heteroatoms. The average Bonchev–Trinajstić information content (AvgIpc) is 2.69. The second kappa shape index (κ2) is 9.21. The van der Waals surface area contributed by atoms with E-state index in [4.69, 9.17) is 0 Å². The number of anilines is 1. The Morgan fingerprint density at radius 2 is 1.78 bits per heavy atom. The third-order valence-electron chi connectivity index (χ3n) is 5.05. The van der Waals surface area contributed by atoms with E-state index in [1.54, 1.807) is 0 Å². The first-order valence-electron chi connectivity index (χ1n) is 9.57. The quantitative estimate of drug-likeness (QED) is 0.839. The molecule has 2 aromatic carbocycles. The maximum atomic E-state index is 12.3. The first-order valence-corrected chi connectivity index (χ1v) is 9.57. The van der Waals surface area contributed by atoms with Crippen LogP contribution < -0.4 is 10.6 Å². The Bertz CT molecular complexity index is 768. The minimum Gasteiger partial charge on any atom is -0.352 e. The number of aryl methyl sites for hydroxylation is 1. The molecule has 3 rings (SSSR count). The minimum absolute atomic E-state index is 0.0154. The molecule has 1 fully saturated rings. The van der Waals surface area contributed by atoms with Gasteiger partial charge in [-0.15, -0.1) is 0 Å². The van der Waals surface area contributed by atoms with Gasteiger partial charge in [0.2, 0.25) is 0 Å². The van der Waals surface area contributed by atoms with E-state index < -0.39 is 0 Å². The number of carbonyl (C=O) groups is 2. The summed E-state index contributed by atoms with van der Waals surface area (Å²) in [4.78, 5) is 26.4. The van der Waals surface area contributed by atoms with Gasteiger partial charge in [-0.05, 0) is 56.4 Å². The van der Waals surface area contributed by atoms with E-state index in [-0.39, 0.29) is 11.9 Å². The molecule has 0 radical (unpaired) electrons. The highest BCUT2D eigenvalue weighted by Crippen LogP contribution is 2.21. The highest BCUT2D eigenvalue weighted by atomic mass is 16.2. The molecule has 0 atom stereocenters. The topological polar surface area (TPSA) is 61.4 Å². The van der Waals surface area contributed by atoms with Crippen molar-refractivity contribution in [2.45, 2.75) is 26.2 Å². The summed E-state index contributed by atoms with van der Waals surface area (Å²) < 4.78 is 0. The smallest absolute Gasteiger partial charge is 0.321 e. The first-order chi connectivity index (χ1) is 13.1. The van der Waals surface area contributed by atoms with Crippen molar-refractivity contribution in [2.75, 3.05) is 25.0 Å². The fourth-order valence-corrected chi connectivity index (χ4v) is 3.43. The number of carbonyl (C=O) groups excluding carboxylic acids is 2. The summed E-state index contributed by atoms with van der Waals surface area (Å²) in [6.45, 7) is 4.18. The molecule has 0 unspecified atom stereocenters. The number of nitrogens with one attached hydrogen (secondary N) is 2. The lowest BCUT2D eigenvalue weighted by Gasteiger charge is -2.32. The van der Waals surface area contributed by atoms with Gasteiger partial charge in [-0.3, -0.25) is 4.79 Å². The summed E-state index contributed by atoms with van der Waals surface area (Å²) in [7, 11) is 0. The number of amides is 3. The predicted octanol–water partition coefficient (Wildman–Crippen LogP) is 4.06. The van der Waals surface area contributed by atoms with Crippen molar-refractivity contribution < 1.29 is 9.59 Å². The van der Waals surface area contributed by atoms with Gasteiger partial charge < -0.3 is 15.5 Å². The van der Waals surface area contributed by atoms with Gasteiger partial charge in [-0.2, -0.15) is 0 Å². The van der Waals surface area contributed by atoms with Gasteiger partial charge in [0.25, 0.3) is 5.91 Å². The zero-order valence-corrected chi connectivity index (χ0v) is 15.8. The van der Waals surface area contributed by atoms with Crippen LogP contribution in [0, 0.1) is 12.8 Å². The van der Waals surface area contributed by atoms with Gasteiger partial charge in [-0.1, -0.05) is 35.9 Å². The molecular formula is C22H27N3O2. The first kappa shape index (κ1) is 19.0. The minimum atomic E-state index is -0.0348. The van der Waals surface area contributed by atoms with E-state index in [0.717, 1.165) is 43.6 Å². The van der Waals surface area contributed by atoms with Crippen LogP contribution in [0.15, 0.2) is 54.6 Å². The van der Waals surface area contributed by atoms with Crippen molar-refractivity contribution >= 4 is 17.6 Å². The number of likely N-dealkylation sites (tertiary alicyclic amines) is 1. The van der Waals surface area contributed by atoms with E-state index in [1.807, 2.05) is 66.4 Å². The van der Waals surface area contributed by atoms with Crippen LogP contribution in [-0.2, 0) is 0 Å². The molecule has 1 aliphatic rings. The average molecular weight is 365 g/mol. The van der Waals surface area contributed by atoms with E-state index in [1.165, 1.54) is 0 Å². The van der Waals surface area contributed by atoms with Gasteiger partial charge in [-0.25, -0.2) is 4.79 Å². The van der Waals surface area contributed by atoms with Crippen LogP contribution in [-0.4, -0.2) is 36.5 Å². The molecule has 3 amide bonds. The molecule has 0 saturated carbocycles. The van der Waals surface area contributed by atoms with Gasteiger partial charge in [0, 0.05) is 30.9 Å². The van der Waals surface area contributed by atoms with Crippen LogP contribution in [0.2, 0.25) is 0 Å². The van der Waals surface area contributed by atoms with E-state index in [2.05, 4.69) is 10.6 Å². The normalized spacial score (nSPS) is 14.6. The molecule has 1 saturated heterocycles. The molecule has 2 aromatic rings. The number of piperidine rings is 1. The Morgan fingerprint density at radius 1 is 1.04 bits per heavy atom. The number of hydrogen-bond donors (Lipinski definition) is 2. The second-order valence-corrected chi connectivity index (χ2v) is 7.14. The largest absolute Gasteiger partial charge is 0.352 e. The Morgan fingerprint density at radius 3 is 2.48 bits per heavy atom. The highest BCUT2D eigenvalue weighted by molar-refractivity contribution is 5.94. The Labute approximate surface area is 160 Å². The van der Waals surface area contributed by atoms with Crippen LogP contribution in [0.3, 0.4) is 0 Å². The van der Waals surface area contributed by atoms with E-state index in [0.29, 0.717) is 18.0 Å². The molecule has 0 spiro atoms. The number of nitrogens with zero attached hydrogens (tertiary/aromatic N) is 1. The monoisotopic (exact) mass is 365 g/mol. The fraction of sp³-hybridized carbons (Fsp3) is 0.364. The Balaban J connectivity index is 1.37. The number of urea groups is 1. The third-order valence-corrected chi connectivity index (χ3v) is 5.05. The van der Waals surface area contributed by atoms with Crippen molar-refractivity contribution in [3.63, 3.8) is 0 Å². The maximum Gasteiger partial charge on any atom is 0.321 e.